The van der Waals surface area contributed by atoms with E-state index in [4.69, 9.17) is 0 Å². The molecule has 0 bridgehead atoms. The van der Waals surface area contributed by atoms with Gasteiger partial charge in [-0.1, -0.05) is 0 Å². The number of hydrogen-bond donors (Lipinski definition) is 1. The van der Waals surface area contributed by atoms with Gasteiger partial charge in [0.05, 0.1) is 17.4 Å². The Morgan fingerprint density at radius 1 is 1.29 bits per heavy atom. The maximum absolute atomic E-state index is 11.8. The molecule has 1 aromatic rings. The van der Waals surface area contributed by atoms with Crippen molar-refractivity contribution < 1.29 is 13.2 Å². The van der Waals surface area contributed by atoms with E-state index >= 15 is 0 Å². The molecule has 1 amide bonds. The van der Waals surface area contributed by atoms with Crippen LogP contribution >= 0.6 is 22.6 Å². The van der Waals surface area contributed by atoms with Crippen LogP contribution in [0.5, 0.6) is 0 Å². The number of nitrogens with one attached hydrogen (secondary N) is 1. The average Bonchev–Trinajstić information content (AvgIpc) is 2.62. The monoisotopic (exact) mass is 365 g/mol. The van der Waals surface area contributed by atoms with Crippen LogP contribution in [-0.4, -0.2) is 25.8 Å². The highest BCUT2D eigenvalue weighted by Crippen LogP contribution is 2.20. The molecule has 0 unspecified atom stereocenters. The van der Waals surface area contributed by atoms with Crippen molar-refractivity contribution in [3.8, 4) is 0 Å². The molecule has 92 valence electrons. The van der Waals surface area contributed by atoms with E-state index in [1.54, 1.807) is 0 Å². The Labute approximate surface area is 114 Å². The fourth-order valence-electron chi connectivity index (χ4n) is 1.78. The summed E-state index contributed by atoms with van der Waals surface area (Å²) < 4.78 is 23.6. The van der Waals surface area contributed by atoms with Gasteiger partial charge in [0.1, 0.15) is 0 Å². The summed E-state index contributed by atoms with van der Waals surface area (Å²) in [6, 6.07) is 7.40. The number of amides is 1. The lowest BCUT2D eigenvalue weighted by Gasteiger charge is -2.09. The number of benzene rings is 1. The van der Waals surface area contributed by atoms with Gasteiger partial charge in [-0.15, -0.1) is 0 Å². The van der Waals surface area contributed by atoms with Gasteiger partial charge in [-0.25, -0.2) is 8.42 Å². The molecule has 0 spiro atoms. The Bertz CT molecular complexity index is 524. The minimum Gasteiger partial charge on any atom is -0.326 e. The lowest BCUT2D eigenvalue weighted by atomic mass is 10.1. The van der Waals surface area contributed by atoms with Crippen LogP contribution in [0.3, 0.4) is 0 Å². The third kappa shape index (κ3) is 3.41. The maximum atomic E-state index is 11.8. The second-order valence-electron chi connectivity index (χ2n) is 4.10. The molecule has 0 aliphatic carbocycles. The van der Waals surface area contributed by atoms with Gasteiger partial charge >= 0.3 is 0 Å². The van der Waals surface area contributed by atoms with E-state index in [9.17, 15) is 13.2 Å². The first kappa shape index (κ1) is 12.8. The van der Waals surface area contributed by atoms with Crippen LogP contribution in [-0.2, 0) is 14.6 Å². The van der Waals surface area contributed by atoms with Gasteiger partial charge < -0.3 is 5.32 Å². The number of anilines is 1. The third-order valence-electron chi connectivity index (χ3n) is 2.71. The minimum atomic E-state index is -3.00. The first-order chi connectivity index (χ1) is 7.96. The molecular formula is C11H12INO3S. The molecule has 1 N–H and O–H groups in total. The summed E-state index contributed by atoms with van der Waals surface area (Å²) in [4.78, 5) is 11.8. The van der Waals surface area contributed by atoms with Crippen molar-refractivity contribution in [3.63, 3.8) is 0 Å². The number of carbonyl (C=O) groups excluding carboxylic acids is 1. The Kier molecular flexibility index (Phi) is 3.72. The summed E-state index contributed by atoms with van der Waals surface area (Å²) in [6.45, 7) is 0. The fourth-order valence-corrected chi connectivity index (χ4v) is 3.88. The normalized spacial score (nSPS) is 22.3. The quantitative estimate of drug-likeness (QED) is 0.811. The lowest BCUT2D eigenvalue weighted by Crippen LogP contribution is -2.23. The number of sulfone groups is 1. The molecule has 1 fully saturated rings. The summed E-state index contributed by atoms with van der Waals surface area (Å²) in [6.07, 6.45) is 0.429. The largest absolute Gasteiger partial charge is 0.326 e. The highest BCUT2D eigenvalue weighted by Gasteiger charge is 2.32. The topological polar surface area (TPSA) is 63.2 Å². The second kappa shape index (κ2) is 4.93. The molecule has 1 aliphatic heterocycles. The van der Waals surface area contributed by atoms with Crippen molar-refractivity contribution in [2.24, 2.45) is 5.92 Å². The van der Waals surface area contributed by atoms with Crippen molar-refractivity contribution in [2.45, 2.75) is 6.42 Å². The summed E-state index contributed by atoms with van der Waals surface area (Å²) in [5.41, 5.74) is 0.708. The van der Waals surface area contributed by atoms with Gasteiger partial charge in [0, 0.05) is 9.26 Å². The van der Waals surface area contributed by atoms with Crippen LogP contribution in [0.4, 0.5) is 5.69 Å². The molecule has 1 heterocycles. The van der Waals surface area contributed by atoms with Gasteiger partial charge in [0.25, 0.3) is 0 Å². The van der Waals surface area contributed by atoms with Crippen molar-refractivity contribution >= 4 is 44.0 Å². The minimum absolute atomic E-state index is 0.0246. The Hall–Kier alpha value is -0.630. The molecule has 2 rings (SSSR count). The van der Waals surface area contributed by atoms with Crippen LogP contribution in [0.2, 0.25) is 0 Å². The van der Waals surface area contributed by atoms with Crippen LogP contribution in [0.1, 0.15) is 6.42 Å². The second-order valence-corrected chi connectivity index (χ2v) is 7.57. The molecule has 1 aromatic carbocycles. The fraction of sp³-hybridized carbons (Fsp3) is 0.364. The molecule has 0 saturated carbocycles. The highest BCUT2D eigenvalue weighted by atomic mass is 127. The molecule has 17 heavy (non-hydrogen) atoms. The summed E-state index contributed by atoms with van der Waals surface area (Å²) >= 11 is 2.18. The van der Waals surface area contributed by atoms with E-state index in [2.05, 4.69) is 27.9 Å². The maximum Gasteiger partial charge on any atom is 0.228 e. The van der Waals surface area contributed by atoms with Crippen LogP contribution in [0.15, 0.2) is 24.3 Å². The smallest absolute Gasteiger partial charge is 0.228 e. The summed E-state index contributed by atoms with van der Waals surface area (Å²) in [5.74, 6) is -0.507. The molecule has 1 saturated heterocycles. The van der Waals surface area contributed by atoms with Crippen molar-refractivity contribution in [2.75, 3.05) is 16.8 Å². The van der Waals surface area contributed by atoms with Gasteiger partial charge in [-0.2, -0.15) is 0 Å². The first-order valence-electron chi connectivity index (χ1n) is 5.23. The SMILES string of the molecule is O=C(Nc1ccc(I)cc1)[C@H]1CCS(=O)(=O)C1. The number of rotatable bonds is 2. The zero-order chi connectivity index (χ0) is 12.5. The highest BCUT2D eigenvalue weighted by molar-refractivity contribution is 14.1. The van der Waals surface area contributed by atoms with Gasteiger partial charge in [0.2, 0.25) is 5.91 Å². The van der Waals surface area contributed by atoms with Crippen molar-refractivity contribution in [3.05, 3.63) is 27.8 Å². The van der Waals surface area contributed by atoms with Gasteiger partial charge in [0.15, 0.2) is 9.84 Å². The standard InChI is InChI=1S/C11H12INO3S/c12-9-1-3-10(4-2-9)13-11(14)8-5-6-17(15,16)7-8/h1-4,8H,5-7H2,(H,13,14)/t8-/m0/s1. The molecular weight excluding hydrogens is 353 g/mol. The Morgan fingerprint density at radius 2 is 1.94 bits per heavy atom. The van der Waals surface area contributed by atoms with E-state index in [1.807, 2.05) is 24.3 Å². The molecule has 1 atom stereocenters. The third-order valence-corrected chi connectivity index (χ3v) is 5.20. The van der Waals surface area contributed by atoms with E-state index in [0.717, 1.165) is 3.57 Å². The van der Waals surface area contributed by atoms with Gasteiger partial charge in [-0.3, -0.25) is 4.79 Å². The predicted molar refractivity (Wildman–Crippen MR) is 74.5 cm³/mol. The number of halogens is 1. The van der Waals surface area contributed by atoms with Crippen molar-refractivity contribution in [1.82, 2.24) is 0 Å². The van der Waals surface area contributed by atoms with E-state index < -0.39 is 15.8 Å². The zero-order valence-corrected chi connectivity index (χ0v) is 12.0. The van der Waals surface area contributed by atoms with Crippen LogP contribution < -0.4 is 5.32 Å². The Morgan fingerprint density at radius 3 is 2.47 bits per heavy atom. The lowest BCUT2D eigenvalue weighted by molar-refractivity contribution is -0.119. The van der Waals surface area contributed by atoms with E-state index in [1.165, 1.54) is 0 Å². The number of carbonyl (C=O) groups is 1. The summed E-state index contributed by atoms with van der Waals surface area (Å²) in [7, 11) is -3.00. The molecule has 1 aliphatic rings. The number of hydrogen-bond acceptors (Lipinski definition) is 3. The first-order valence-corrected chi connectivity index (χ1v) is 8.13. The van der Waals surface area contributed by atoms with Crippen LogP contribution in [0, 0.1) is 9.49 Å². The van der Waals surface area contributed by atoms with E-state index in [0.29, 0.717) is 12.1 Å². The van der Waals surface area contributed by atoms with Crippen molar-refractivity contribution in [1.29, 1.82) is 0 Å². The molecule has 0 radical (unpaired) electrons. The molecule has 6 heteroatoms. The Balaban J connectivity index is 2.01. The molecule has 4 nitrogen and oxygen atoms in total. The average molecular weight is 365 g/mol. The predicted octanol–water partition coefficient (Wildman–Crippen LogP) is 1.66. The van der Waals surface area contributed by atoms with E-state index in [-0.39, 0.29) is 17.4 Å². The zero-order valence-electron chi connectivity index (χ0n) is 9.02. The van der Waals surface area contributed by atoms with Gasteiger partial charge in [-0.05, 0) is 53.3 Å². The van der Waals surface area contributed by atoms with Crippen LogP contribution in [0.25, 0.3) is 0 Å². The summed E-state index contributed by atoms with van der Waals surface area (Å²) in [5, 5.41) is 2.74. The molecule has 0 aromatic heterocycles.